The molecule has 0 unspecified atom stereocenters. The van der Waals surface area contributed by atoms with Gasteiger partial charge in [0.1, 0.15) is 17.1 Å². The smallest absolute Gasteiger partial charge is 0.321 e. The standard InChI is InChI=1S/C10H15N3O5S/c1-3-18-9(14)5-12-19(16,17)7-4-8(10(11)15)13(2)6-7/h4,6,12H,3,5H2,1-2H3,(H2,11,15). The number of carbonyl (C=O) groups is 2. The number of nitrogens with one attached hydrogen (secondary N) is 1. The summed E-state index contributed by atoms with van der Waals surface area (Å²) in [6.45, 7) is 1.30. The third kappa shape index (κ3) is 3.80. The highest BCUT2D eigenvalue weighted by Crippen LogP contribution is 2.12. The summed E-state index contributed by atoms with van der Waals surface area (Å²) in [7, 11) is -2.40. The van der Waals surface area contributed by atoms with Gasteiger partial charge in [0.2, 0.25) is 10.0 Å². The number of nitrogens with two attached hydrogens (primary N) is 1. The summed E-state index contributed by atoms with van der Waals surface area (Å²) >= 11 is 0. The molecule has 0 atom stereocenters. The zero-order chi connectivity index (χ0) is 14.6. The zero-order valence-electron chi connectivity index (χ0n) is 10.5. The van der Waals surface area contributed by atoms with Crippen molar-refractivity contribution in [2.24, 2.45) is 12.8 Å². The van der Waals surface area contributed by atoms with E-state index in [1.54, 1.807) is 6.92 Å². The Morgan fingerprint density at radius 2 is 2.11 bits per heavy atom. The Morgan fingerprint density at radius 1 is 1.47 bits per heavy atom. The average Bonchev–Trinajstić information content (AvgIpc) is 2.70. The summed E-state index contributed by atoms with van der Waals surface area (Å²) in [6.07, 6.45) is 1.23. The third-order valence-electron chi connectivity index (χ3n) is 2.25. The number of nitrogens with zero attached hydrogens (tertiary/aromatic N) is 1. The highest BCUT2D eigenvalue weighted by atomic mass is 32.2. The molecule has 0 aliphatic carbocycles. The van der Waals surface area contributed by atoms with Crippen LogP contribution in [0.2, 0.25) is 0 Å². The van der Waals surface area contributed by atoms with Gasteiger partial charge in [-0.2, -0.15) is 4.72 Å². The van der Waals surface area contributed by atoms with Crippen molar-refractivity contribution in [3.05, 3.63) is 18.0 Å². The largest absolute Gasteiger partial charge is 0.465 e. The first-order chi connectivity index (χ1) is 8.77. The van der Waals surface area contributed by atoms with Crippen LogP contribution in [-0.4, -0.2) is 38.0 Å². The first kappa shape index (κ1) is 15.2. The first-order valence-corrected chi connectivity index (χ1v) is 6.87. The van der Waals surface area contributed by atoms with E-state index in [1.165, 1.54) is 17.8 Å². The van der Waals surface area contributed by atoms with Crippen molar-refractivity contribution in [2.75, 3.05) is 13.2 Å². The average molecular weight is 289 g/mol. The van der Waals surface area contributed by atoms with Crippen LogP contribution >= 0.6 is 0 Å². The van der Waals surface area contributed by atoms with Crippen LogP contribution in [0.3, 0.4) is 0 Å². The summed E-state index contributed by atoms with van der Waals surface area (Å²) in [4.78, 5) is 22.0. The molecule has 0 saturated heterocycles. The van der Waals surface area contributed by atoms with Gasteiger partial charge in [0.15, 0.2) is 0 Å². The van der Waals surface area contributed by atoms with Gasteiger partial charge in [-0.1, -0.05) is 0 Å². The number of primary amides is 1. The van der Waals surface area contributed by atoms with E-state index in [-0.39, 0.29) is 17.2 Å². The lowest BCUT2D eigenvalue weighted by molar-refractivity contribution is -0.141. The summed E-state index contributed by atoms with van der Waals surface area (Å²) < 4.78 is 31.6. The molecular weight excluding hydrogens is 274 g/mol. The minimum absolute atomic E-state index is 0.0523. The second-order valence-electron chi connectivity index (χ2n) is 3.67. The molecule has 0 saturated carbocycles. The van der Waals surface area contributed by atoms with Gasteiger partial charge < -0.3 is 15.0 Å². The molecule has 0 aliphatic rings. The molecule has 3 N–H and O–H groups in total. The Balaban J connectivity index is 2.86. The Labute approximate surface area is 110 Å². The topological polar surface area (TPSA) is 120 Å². The van der Waals surface area contributed by atoms with Crippen LogP contribution in [0.4, 0.5) is 0 Å². The molecule has 8 nitrogen and oxygen atoms in total. The Hall–Kier alpha value is -1.87. The molecule has 1 amide bonds. The van der Waals surface area contributed by atoms with Crippen LogP contribution < -0.4 is 10.5 Å². The quantitative estimate of drug-likeness (QED) is 0.648. The fourth-order valence-corrected chi connectivity index (χ4v) is 2.41. The van der Waals surface area contributed by atoms with Crippen LogP contribution in [0.15, 0.2) is 17.2 Å². The molecule has 19 heavy (non-hydrogen) atoms. The fraction of sp³-hybridized carbons (Fsp3) is 0.400. The predicted octanol–water partition coefficient (Wildman–Crippen LogP) is -1.03. The van der Waals surface area contributed by atoms with Crippen LogP contribution in [0.25, 0.3) is 0 Å². The number of hydrogen-bond donors (Lipinski definition) is 2. The van der Waals surface area contributed by atoms with Crippen LogP contribution in [-0.2, 0) is 26.6 Å². The number of aromatic nitrogens is 1. The number of ether oxygens (including phenoxy) is 1. The second-order valence-corrected chi connectivity index (χ2v) is 5.43. The maximum atomic E-state index is 11.8. The van der Waals surface area contributed by atoms with E-state index in [1.807, 2.05) is 0 Å². The number of amides is 1. The fourth-order valence-electron chi connectivity index (χ4n) is 1.38. The summed E-state index contributed by atoms with van der Waals surface area (Å²) in [5.41, 5.74) is 5.14. The molecule has 0 fully saturated rings. The molecule has 9 heteroatoms. The SMILES string of the molecule is CCOC(=O)CNS(=O)(=O)c1cc(C(N)=O)n(C)c1. The van der Waals surface area contributed by atoms with Crippen molar-refractivity contribution in [1.29, 1.82) is 0 Å². The molecular formula is C10H15N3O5S. The number of sulfonamides is 1. The van der Waals surface area contributed by atoms with Gasteiger partial charge in [0.25, 0.3) is 5.91 Å². The normalized spacial score (nSPS) is 11.3. The van der Waals surface area contributed by atoms with E-state index in [0.717, 1.165) is 6.07 Å². The molecule has 0 aliphatic heterocycles. The molecule has 0 spiro atoms. The molecule has 1 heterocycles. The van der Waals surface area contributed by atoms with Crippen molar-refractivity contribution < 1.29 is 22.7 Å². The van der Waals surface area contributed by atoms with E-state index in [0.29, 0.717) is 0 Å². The predicted molar refractivity (Wildman–Crippen MR) is 65.8 cm³/mol. The van der Waals surface area contributed by atoms with Crippen molar-refractivity contribution in [3.8, 4) is 0 Å². The zero-order valence-corrected chi connectivity index (χ0v) is 11.4. The monoisotopic (exact) mass is 289 g/mol. The molecule has 1 aromatic rings. The maximum Gasteiger partial charge on any atom is 0.321 e. The van der Waals surface area contributed by atoms with Gasteiger partial charge in [0, 0.05) is 13.2 Å². The Bertz CT molecular complexity index is 590. The molecule has 0 aromatic carbocycles. The summed E-state index contributed by atoms with van der Waals surface area (Å²) in [6, 6.07) is 1.13. The number of rotatable bonds is 6. The van der Waals surface area contributed by atoms with Gasteiger partial charge in [-0.25, -0.2) is 8.42 Å². The second kappa shape index (κ2) is 5.85. The highest BCUT2D eigenvalue weighted by Gasteiger charge is 2.20. The lowest BCUT2D eigenvalue weighted by Crippen LogP contribution is -2.30. The van der Waals surface area contributed by atoms with E-state index in [2.05, 4.69) is 9.46 Å². The van der Waals surface area contributed by atoms with Crippen molar-refractivity contribution >= 4 is 21.9 Å². The van der Waals surface area contributed by atoms with E-state index in [4.69, 9.17) is 5.73 Å². The molecule has 1 aromatic heterocycles. The summed E-state index contributed by atoms with van der Waals surface area (Å²) in [5.74, 6) is -1.42. The number of aryl methyl sites for hydroxylation is 1. The number of hydrogen-bond acceptors (Lipinski definition) is 5. The van der Waals surface area contributed by atoms with Crippen molar-refractivity contribution in [2.45, 2.75) is 11.8 Å². The van der Waals surface area contributed by atoms with Gasteiger partial charge in [-0.05, 0) is 13.0 Å². The number of esters is 1. The van der Waals surface area contributed by atoms with Crippen molar-refractivity contribution in [3.63, 3.8) is 0 Å². The maximum absolute atomic E-state index is 11.8. The van der Waals surface area contributed by atoms with E-state index in [9.17, 15) is 18.0 Å². The van der Waals surface area contributed by atoms with E-state index >= 15 is 0 Å². The number of carbonyl (C=O) groups excluding carboxylic acids is 2. The highest BCUT2D eigenvalue weighted by molar-refractivity contribution is 7.89. The Kier molecular flexibility index (Phi) is 4.67. The van der Waals surface area contributed by atoms with Crippen LogP contribution in [0.1, 0.15) is 17.4 Å². The minimum atomic E-state index is -3.89. The third-order valence-corrected chi connectivity index (χ3v) is 3.62. The van der Waals surface area contributed by atoms with Gasteiger partial charge in [-0.3, -0.25) is 9.59 Å². The van der Waals surface area contributed by atoms with Crippen LogP contribution in [0.5, 0.6) is 0 Å². The lowest BCUT2D eigenvalue weighted by atomic mass is 10.4. The molecule has 0 radical (unpaired) electrons. The first-order valence-electron chi connectivity index (χ1n) is 5.39. The Morgan fingerprint density at radius 3 is 2.58 bits per heavy atom. The van der Waals surface area contributed by atoms with Gasteiger partial charge in [0.05, 0.1) is 6.61 Å². The van der Waals surface area contributed by atoms with Gasteiger partial charge in [-0.15, -0.1) is 0 Å². The van der Waals surface area contributed by atoms with E-state index < -0.39 is 28.4 Å². The summed E-state index contributed by atoms with van der Waals surface area (Å²) in [5, 5.41) is 0. The van der Waals surface area contributed by atoms with Gasteiger partial charge >= 0.3 is 5.97 Å². The van der Waals surface area contributed by atoms with Crippen LogP contribution in [0, 0.1) is 0 Å². The molecule has 0 bridgehead atoms. The molecule has 106 valence electrons. The molecule has 1 rings (SSSR count). The minimum Gasteiger partial charge on any atom is -0.465 e. The lowest BCUT2D eigenvalue weighted by Gasteiger charge is -2.04. The van der Waals surface area contributed by atoms with Crippen molar-refractivity contribution in [1.82, 2.24) is 9.29 Å².